The second-order valence-corrected chi connectivity index (χ2v) is 7.31. The molecule has 0 bridgehead atoms. The minimum atomic E-state index is -1.82. The van der Waals surface area contributed by atoms with E-state index in [1.54, 1.807) is 0 Å². The zero-order valence-electron chi connectivity index (χ0n) is 13.8. The third kappa shape index (κ3) is 6.51. The van der Waals surface area contributed by atoms with Crippen LogP contribution in [-0.4, -0.2) is 60.5 Å². The lowest BCUT2D eigenvalue weighted by Crippen LogP contribution is -2.48. The van der Waals surface area contributed by atoms with Crippen LogP contribution in [0.15, 0.2) is 0 Å². The summed E-state index contributed by atoms with van der Waals surface area (Å²) in [6.45, 7) is 7.00. The molecule has 0 aromatic carbocycles. The summed E-state index contributed by atoms with van der Waals surface area (Å²) in [6, 6.07) is 0. The Bertz CT molecular complexity index is 324. The molecular weight excluding hydrogens is 308 g/mol. The molecule has 0 heterocycles. The van der Waals surface area contributed by atoms with E-state index in [0.29, 0.717) is 23.0 Å². The minimum absolute atomic E-state index is 0.168. The third-order valence-electron chi connectivity index (χ3n) is 3.35. The molecule has 130 valence electrons. The molecule has 0 rings (SSSR count). The average molecular weight is 336 g/mol. The van der Waals surface area contributed by atoms with Gasteiger partial charge < -0.3 is 4.55 Å². The number of nitrogens with zero attached hydrogens (tertiary/aromatic N) is 2. The SMILES string of the molecule is CCCCN(O)C(=O)[C@H](C)[S+]([O-])[C@@H](C)C(=O)N(O)CCCC. The van der Waals surface area contributed by atoms with Gasteiger partial charge in [-0.2, -0.15) is 0 Å². The number of unbranched alkanes of at least 4 members (excludes halogenated alkanes) is 2. The molecule has 8 heteroatoms. The fourth-order valence-electron chi connectivity index (χ4n) is 1.76. The summed E-state index contributed by atoms with van der Waals surface area (Å²) < 4.78 is 12.3. The van der Waals surface area contributed by atoms with E-state index >= 15 is 0 Å². The highest BCUT2D eigenvalue weighted by Gasteiger charge is 2.38. The minimum Gasteiger partial charge on any atom is -0.615 e. The maximum Gasteiger partial charge on any atom is 0.298 e. The first-order chi connectivity index (χ1) is 10.3. The Hall–Kier alpha value is -0.830. The molecule has 0 aromatic heterocycles. The van der Waals surface area contributed by atoms with Gasteiger partial charge in [-0.05, 0) is 37.9 Å². The third-order valence-corrected chi connectivity index (χ3v) is 5.15. The number of carbonyl (C=O) groups excluding carboxylic acids is 2. The van der Waals surface area contributed by atoms with Crippen molar-refractivity contribution in [1.82, 2.24) is 10.1 Å². The summed E-state index contributed by atoms with van der Waals surface area (Å²) in [7, 11) is 0. The van der Waals surface area contributed by atoms with Gasteiger partial charge in [0.1, 0.15) is 0 Å². The monoisotopic (exact) mass is 336 g/mol. The van der Waals surface area contributed by atoms with Gasteiger partial charge in [-0.1, -0.05) is 26.7 Å². The van der Waals surface area contributed by atoms with E-state index in [-0.39, 0.29) is 13.1 Å². The van der Waals surface area contributed by atoms with E-state index in [4.69, 9.17) is 0 Å². The summed E-state index contributed by atoms with van der Waals surface area (Å²) in [5, 5.41) is 18.3. The first-order valence-electron chi connectivity index (χ1n) is 7.67. The van der Waals surface area contributed by atoms with Crippen LogP contribution in [0.25, 0.3) is 0 Å². The van der Waals surface area contributed by atoms with Gasteiger partial charge in [0.05, 0.1) is 0 Å². The topological polar surface area (TPSA) is 104 Å². The van der Waals surface area contributed by atoms with Gasteiger partial charge in [-0.3, -0.25) is 20.0 Å². The average Bonchev–Trinajstić information content (AvgIpc) is 2.53. The number of hydroxylamine groups is 4. The van der Waals surface area contributed by atoms with Crippen molar-refractivity contribution >= 4 is 23.0 Å². The lowest BCUT2D eigenvalue weighted by molar-refractivity contribution is -0.165. The van der Waals surface area contributed by atoms with Crippen molar-refractivity contribution in [2.24, 2.45) is 0 Å². The smallest absolute Gasteiger partial charge is 0.298 e. The van der Waals surface area contributed by atoms with Crippen LogP contribution in [0.2, 0.25) is 0 Å². The summed E-state index contributed by atoms with van der Waals surface area (Å²) in [5.74, 6) is -1.35. The van der Waals surface area contributed by atoms with Crippen molar-refractivity contribution in [3.63, 3.8) is 0 Å². The number of rotatable bonds is 10. The Morgan fingerprint density at radius 2 is 1.27 bits per heavy atom. The highest BCUT2D eigenvalue weighted by molar-refractivity contribution is 7.94. The van der Waals surface area contributed by atoms with E-state index < -0.39 is 33.5 Å². The molecule has 22 heavy (non-hydrogen) atoms. The summed E-state index contributed by atoms with van der Waals surface area (Å²) in [5.41, 5.74) is 0. The zero-order chi connectivity index (χ0) is 17.3. The van der Waals surface area contributed by atoms with Crippen LogP contribution in [0.5, 0.6) is 0 Å². The first-order valence-corrected chi connectivity index (χ1v) is 8.95. The van der Waals surface area contributed by atoms with Crippen molar-refractivity contribution in [1.29, 1.82) is 0 Å². The molecule has 7 nitrogen and oxygen atoms in total. The Labute approximate surface area is 135 Å². The predicted molar refractivity (Wildman–Crippen MR) is 83.9 cm³/mol. The maximum atomic E-state index is 12.3. The molecule has 0 spiro atoms. The molecule has 2 atom stereocenters. The second-order valence-electron chi connectivity index (χ2n) is 5.24. The summed E-state index contributed by atoms with van der Waals surface area (Å²) in [6.07, 6.45) is 2.90. The van der Waals surface area contributed by atoms with Crippen LogP contribution in [0.1, 0.15) is 53.4 Å². The Morgan fingerprint density at radius 3 is 1.55 bits per heavy atom. The molecule has 0 aliphatic carbocycles. The second kappa shape index (κ2) is 10.8. The van der Waals surface area contributed by atoms with Crippen LogP contribution in [-0.2, 0) is 20.8 Å². The lowest BCUT2D eigenvalue weighted by Gasteiger charge is -2.26. The van der Waals surface area contributed by atoms with Crippen molar-refractivity contribution in [3.8, 4) is 0 Å². The molecule has 2 amide bonds. The Balaban J connectivity index is 4.61. The Kier molecular flexibility index (Phi) is 10.4. The first kappa shape index (κ1) is 21.2. The van der Waals surface area contributed by atoms with Crippen molar-refractivity contribution < 1.29 is 24.6 Å². The highest BCUT2D eigenvalue weighted by Crippen LogP contribution is 2.14. The van der Waals surface area contributed by atoms with E-state index in [9.17, 15) is 24.6 Å². The Morgan fingerprint density at radius 1 is 0.955 bits per heavy atom. The molecular formula is C14H28N2O5S. The molecule has 0 aliphatic rings. The molecule has 0 fully saturated rings. The van der Waals surface area contributed by atoms with E-state index in [1.165, 1.54) is 13.8 Å². The van der Waals surface area contributed by atoms with Gasteiger partial charge >= 0.3 is 0 Å². The van der Waals surface area contributed by atoms with Gasteiger partial charge in [-0.25, -0.2) is 10.1 Å². The lowest BCUT2D eigenvalue weighted by atomic mass is 10.3. The molecule has 0 radical (unpaired) electrons. The van der Waals surface area contributed by atoms with Crippen LogP contribution < -0.4 is 0 Å². The van der Waals surface area contributed by atoms with Crippen molar-refractivity contribution in [2.75, 3.05) is 13.1 Å². The van der Waals surface area contributed by atoms with Crippen LogP contribution in [0.3, 0.4) is 0 Å². The van der Waals surface area contributed by atoms with E-state index in [0.717, 1.165) is 12.8 Å². The zero-order valence-corrected chi connectivity index (χ0v) is 14.6. The fourth-order valence-corrected chi connectivity index (χ4v) is 3.01. The van der Waals surface area contributed by atoms with Crippen LogP contribution >= 0.6 is 0 Å². The molecule has 0 aromatic rings. The van der Waals surface area contributed by atoms with E-state index in [2.05, 4.69) is 0 Å². The maximum absolute atomic E-state index is 12.3. The standard InChI is InChI=1S/C14H28N2O5S/c1-5-7-9-15(19)13(17)11(3)22(21)12(4)14(18)16(20)10-8-6-2/h11-12,19-20H,5-10H2,1-4H3/t11-,12-/m0/s1. The van der Waals surface area contributed by atoms with Crippen LogP contribution in [0.4, 0.5) is 0 Å². The van der Waals surface area contributed by atoms with Crippen molar-refractivity contribution in [3.05, 3.63) is 0 Å². The van der Waals surface area contributed by atoms with Gasteiger partial charge in [0.25, 0.3) is 11.8 Å². The quantitative estimate of drug-likeness (QED) is 0.358. The molecule has 0 saturated heterocycles. The van der Waals surface area contributed by atoms with Gasteiger partial charge in [0.15, 0.2) is 10.5 Å². The van der Waals surface area contributed by atoms with E-state index in [1.807, 2.05) is 13.8 Å². The number of hydrogen-bond donors (Lipinski definition) is 2. The molecule has 2 N–H and O–H groups in total. The largest absolute Gasteiger partial charge is 0.615 e. The predicted octanol–water partition coefficient (Wildman–Crippen LogP) is 1.55. The van der Waals surface area contributed by atoms with Gasteiger partial charge in [0, 0.05) is 13.1 Å². The van der Waals surface area contributed by atoms with Gasteiger partial charge in [0.2, 0.25) is 0 Å². The van der Waals surface area contributed by atoms with Crippen LogP contribution in [0, 0.1) is 0 Å². The number of hydrogen-bond acceptors (Lipinski definition) is 5. The normalized spacial score (nSPS) is 13.8. The number of carbonyl (C=O) groups is 2. The van der Waals surface area contributed by atoms with Crippen molar-refractivity contribution in [2.45, 2.75) is 63.9 Å². The summed E-state index contributed by atoms with van der Waals surface area (Å²) in [4.78, 5) is 23.9. The highest BCUT2D eigenvalue weighted by atomic mass is 32.2. The number of amides is 2. The molecule has 0 unspecified atom stereocenters. The molecule has 0 aliphatic heterocycles. The summed E-state index contributed by atoms with van der Waals surface area (Å²) >= 11 is -1.82. The van der Waals surface area contributed by atoms with Gasteiger partial charge in [-0.15, -0.1) is 0 Å². The fraction of sp³-hybridized carbons (Fsp3) is 0.857. The molecule has 0 saturated carbocycles.